The van der Waals surface area contributed by atoms with Gasteiger partial charge in [-0.1, -0.05) is 11.6 Å². The molecule has 1 aromatic carbocycles. The molecule has 0 aliphatic carbocycles. The lowest BCUT2D eigenvalue weighted by Gasteiger charge is -2.25. The Kier molecular flexibility index (Phi) is 5.86. The third-order valence-corrected chi connectivity index (χ3v) is 5.56. The molecule has 2 heterocycles. The molecule has 3 rings (SSSR count). The van der Waals surface area contributed by atoms with Crippen LogP contribution in [0.2, 0.25) is 4.34 Å². The first kappa shape index (κ1) is 21.1. The van der Waals surface area contributed by atoms with Gasteiger partial charge < -0.3 is 15.2 Å². The SMILES string of the molecule is CC(C)(C)OC(=O)N1CC(CNC(=O)c2ccc(Cl)s2)c2cc(C(=O)O)ccc21. The van der Waals surface area contributed by atoms with Crippen molar-refractivity contribution in [3.8, 4) is 0 Å². The molecule has 0 spiro atoms. The van der Waals surface area contributed by atoms with Crippen LogP contribution in [0.3, 0.4) is 0 Å². The Morgan fingerprint density at radius 2 is 2.00 bits per heavy atom. The van der Waals surface area contributed by atoms with Crippen LogP contribution in [-0.4, -0.2) is 41.8 Å². The number of rotatable bonds is 4. The number of aromatic carboxylic acids is 1. The lowest BCUT2D eigenvalue weighted by molar-refractivity contribution is 0.0581. The van der Waals surface area contributed by atoms with Gasteiger partial charge in [0.1, 0.15) is 5.60 Å². The summed E-state index contributed by atoms with van der Waals surface area (Å²) in [5.41, 5.74) is 0.724. The van der Waals surface area contributed by atoms with Gasteiger partial charge in [-0.05, 0) is 56.7 Å². The number of nitrogens with one attached hydrogen (secondary N) is 1. The zero-order valence-electron chi connectivity index (χ0n) is 16.2. The number of carbonyl (C=O) groups excluding carboxylic acids is 2. The molecule has 154 valence electrons. The average Bonchev–Trinajstić information content (AvgIpc) is 3.21. The summed E-state index contributed by atoms with van der Waals surface area (Å²) in [5, 5.41) is 12.2. The number of thiophene rings is 1. The molecule has 0 bridgehead atoms. The summed E-state index contributed by atoms with van der Waals surface area (Å²) in [5.74, 6) is -1.59. The van der Waals surface area contributed by atoms with Crippen molar-refractivity contribution in [1.29, 1.82) is 0 Å². The second-order valence-corrected chi connectivity index (χ2v) is 9.40. The molecule has 0 saturated heterocycles. The van der Waals surface area contributed by atoms with Crippen molar-refractivity contribution in [1.82, 2.24) is 5.32 Å². The first-order valence-electron chi connectivity index (χ1n) is 8.96. The van der Waals surface area contributed by atoms with E-state index in [0.29, 0.717) is 20.5 Å². The van der Waals surface area contributed by atoms with E-state index in [9.17, 15) is 19.5 Å². The standard InChI is InChI=1S/C20H21ClN2O5S/c1-20(2,3)28-19(27)23-10-12(9-22-17(24)15-6-7-16(21)29-15)13-8-11(18(25)26)4-5-14(13)23/h4-8,12H,9-10H2,1-3H3,(H,22,24)(H,25,26). The van der Waals surface area contributed by atoms with E-state index in [4.69, 9.17) is 16.3 Å². The lowest BCUT2D eigenvalue weighted by Crippen LogP contribution is -2.37. The summed E-state index contributed by atoms with van der Waals surface area (Å²) in [4.78, 5) is 38.3. The maximum atomic E-state index is 12.6. The minimum atomic E-state index is -1.06. The summed E-state index contributed by atoms with van der Waals surface area (Å²) in [6.45, 7) is 5.85. The summed E-state index contributed by atoms with van der Waals surface area (Å²) in [6.07, 6.45) is -0.513. The highest BCUT2D eigenvalue weighted by atomic mass is 35.5. The number of hydrogen-bond acceptors (Lipinski definition) is 5. The van der Waals surface area contributed by atoms with E-state index in [-0.39, 0.29) is 30.5 Å². The molecule has 7 nitrogen and oxygen atoms in total. The Morgan fingerprint density at radius 3 is 2.59 bits per heavy atom. The van der Waals surface area contributed by atoms with Gasteiger partial charge >= 0.3 is 12.1 Å². The van der Waals surface area contributed by atoms with Gasteiger partial charge in [-0.25, -0.2) is 9.59 Å². The van der Waals surface area contributed by atoms with Crippen LogP contribution < -0.4 is 10.2 Å². The Hall–Kier alpha value is -2.58. The van der Waals surface area contributed by atoms with E-state index >= 15 is 0 Å². The van der Waals surface area contributed by atoms with Crippen molar-refractivity contribution in [2.75, 3.05) is 18.0 Å². The van der Waals surface area contributed by atoms with Crippen molar-refractivity contribution in [3.05, 3.63) is 50.7 Å². The van der Waals surface area contributed by atoms with Crippen LogP contribution >= 0.6 is 22.9 Å². The second-order valence-electron chi connectivity index (χ2n) is 7.68. The number of carboxylic acid groups (broad SMARTS) is 1. The van der Waals surface area contributed by atoms with Crippen molar-refractivity contribution in [3.63, 3.8) is 0 Å². The molecular weight excluding hydrogens is 416 g/mol. The van der Waals surface area contributed by atoms with E-state index in [0.717, 1.165) is 0 Å². The van der Waals surface area contributed by atoms with Crippen molar-refractivity contribution in [2.45, 2.75) is 32.3 Å². The first-order valence-corrected chi connectivity index (χ1v) is 10.2. The number of amides is 2. The third kappa shape index (κ3) is 4.89. The van der Waals surface area contributed by atoms with E-state index < -0.39 is 17.7 Å². The van der Waals surface area contributed by atoms with Crippen LogP contribution in [0.4, 0.5) is 10.5 Å². The Morgan fingerprint density at radius 1 is 1.28 bits per heavy atom. The molecular formula is C20H21ClN2O5S. The summed E-state index contributed by atoms with van der Waals surface area (Å²) in [6, 6.07) is 7.88. The largest absolute Gasteiger partial charge is 0.478 e. The fourth-order valence-corrected chi connectivity index (χ4v) is 4.04. The predicted molar refractivity (Wildman–Crippen MR) is 111 cm³/mol. The monoisotopic (exact) mass is 436 g/mol. The van der Waals surface area contributed by atoms with E-state index in [1.807, 2.05) is 0 Å². The number of nitrogens with zero attached hydrogens (tertiary/aromatic N) is 1. The fourth-order valence-electron chi connectivity index (χ4n) is 3.08. The third-order valence-electron chi connectivity index (χ3n) is 4.33. The Bertz CT molecular complexity index is 966. The van der Waals surface area contributed by atoms with Gasteiger partial charge in [0.2, 0.25) is 0 Å². The maximum absolute atomic E-state index is 12.6. The normalized spacial score (nSPS) is 15.7. The molecule has 29 heavy (non-hydrogen) atoms. The number of benzene rings is 1. The molecule has 0 fully saturated rings. The number of ether oxygens (including phenoxy) is 1. The summed E-state index contributed by atoms with van der Waals surface area (Å²) in [7, 11) is 0. The molecule has 1 atom stereocenters. The van der Waals surface area contributed by atoms with Gasteiger partial charge in [0.15, 0.2) is 0 Å². The lowest BCUT2D eigenvalue weighted by atomic mass is 9.99. The number of carbonyl (C=O) groups is 3. The van der Waals surface area contributed by atoms with Crippen LogP contribution in [0, 0.1) is 0 Å². The van der Waals surface area contributed by atoms with Crippen molar-refractivity contribution < 1.29 is 24.2 Å². The average molecular weight is 437 g/mol. The van der Waals surface area contributed by atoms with Crippen LogP contribution in [0.25, 0.3) is 0 Å². The van der Waals surface area contributed by atoms with E-state index in [1.54, 1.807) is 45.0 Å². The van der Waals surface area contributed by atoms with Crippen molar-refractivity contribution in [2.24, 2.45) is 0 Å². The van der Waals surface area contributed by atoms with Gasteiger partial charge in [-0.15, -0.1) is 11.3 Å². The molecule has 2 aromatic rings. The number of carboxylic acids is 1. The van der Waals surface area contributed by atoms with E-state index in [1.165, 1.54) is 22.3 Å². The van der Waals surface area contributed by atoms with Gasteiger partial charge in [0, 0.05) is 19.0 Å². The molecule has 1 unspecified atom stereocenters. The highest BCUT2D eigenvalue weighted by Crippen LogP contribution is 2.37. The number of hydrogen-bond donors (Lipinski definition) is 2. The molecule has 1 aliphatic rings. The second kappa shape index (κ2) is 8.04. The zero-order chi connectivity index (χ0) is 21.3. The summed E-state index contributed by atoms with van der Waals surface area (Å²) >= 11 is 7.05. The van der Waals surface area contributed by atoms with Crippen LogP contribution in [0.15, 0.2) is 30.3 Å². The minimum absolute atomic E-state index is 0.121. The smallest absolute Gasteiger partial charge is 0.414 e. The predicted octanol–water partition coefficient (Wildman–Crippen LogP) is 4.37. The van der Waals surface area contributed by atoms with Gasteiger partial charge in [-0.2, -0.15) is 0 Å². The summed E-state index contributed by atoms with van der Waals surface area (Å²) < 4.78 is 5.99. The van der Waals surface area contributed by atoms with Crippen LogP contribution in [0.1, 0.15) is 52.3 Å². The molecule has 1 aromatic heterocycles. The van der Waals surface area contributed by atoms with Gasteiger partial charge in [0.05, 0.1) is 20.5 Å². The number of anilines is 1. The molecule has 2 N–H and O–H groups in total. The fraction of sp³-hybridized carbons (Fsp3) is 0.350. The maximum Gasteiger partial charge on any atom is 0.414 e. The van der Waals surface area contributed by atoms with Gasteiger partial charge in [0.25, 0.3) is 5.91 Å². The quantitative estimate of drug-likeness (QED) is 0.741. The molecule has 0 saturated carbocycles. The highest BCUT2D eigenvalue weighted by molar-refractivity contribution is 7.18. The highest BCUT2D eigenvalue weighted by Gasteiger charge is 2.35. The number of halogens is 1. The molecule has 9 heteroatoms. The molecule has 0 radical (unpaired) electrons. The van der Waals surface area contributed by atoms with Crippen LogP contribution in [-0.2, 0) is 4.74 Å². The van der Waals surface area contributed by atoms with Crippen molar-refractivity contribution >= 4 is 46.6 Å². The Balaban J connectivity index is 1.82. The van der Waals surface area contributed by atoms with Crippen LogP contribution in [0.5, 0.6) is 0 Å². The minimum Gasteiger partial charge on any atom is -0.478 e. The molecule has 1 aliphatic heterocycles. The Labute approximate surface area is 177 Å². The number of fused-ring (bicyclic) bond motifs is 1. The first-order chi connectivity index (χ1) is 13.5. The van der Waals surface area contributed by atoms with Gasteiger partial charge in [-0.3, -0.25) is 9.69 Å². The molecule has 2 amide bonds. The topological polar surface area (TPSA) is 95.9 Å². The van der Waals surface area contributed by atoms with E-state index in [2.05, 4.69) is 5.32 Å². The zero-order valence-corrected chi connectivity index (χ0v) is 17.8.